The van der Waals surface area contributed by atoms with Gasteiger partial charge < -0.3 is 16.8 Å². The number of hydrogen-bond donors (Lipinski definition) is 3. The molecule has 0 aromatic rings. The first-order valence-electron chi connectivity index (χ1n) is 2.93. The highest BCUT2D eigenvalue weighted by Gasteiger charge is 1.99. The number of urea groups is 1. The smallest absolute Gasteiger partial charge is 0.312 e. The zero-order valence-corrected chi connectivity index (χ0v) is 5.55. The van der Waals surface area contributed by atoms with E-state index in [1.54, 1.807) is 0 Å². The molecule has 54 valence electrons. The molecule has 4 nitrogen and oxygen atoms in total. The molecule has 0 aliphatic rings. The lowest BCUT2D eigenvalue weighted by molar-refractivity contribution is 0.245. The van der Waals surface area contributed by atoms with E-state index in [-0.39, 0.29) is 6.04 Å². The first-order valence-corrected chi connectivity index (χ1v) is 2.93. The van der Waals surface area contributed by atoms with Crippen molar-refractivity contribution in [3.8, 4) is 0 Å². The zero-order valence-electron chi connectivity index (χ0n) is 5.55. The largest absolute Gasteiger partial charge is 0.352 e. The van der Waals surface area contributed by atoms with Gasteiger partial charge >= 0.3 is 6.03 Å². The van der Waals surface area contributed by atoms with Crippen molar-refractivity contribution in [3.05, 3.63) is 0 Å². The lowest BCUT2D eigenvalue weighted by Gasteiger charge is -2.08. The summed E-state index contributed by atoms with van der Waals surface area (Å²) in [5.74, 6) is 0. The molecule has 0 aliphatic carbocycles. The van der Waals surface area contributed by atoms with Crippen LogP contribution in [0.5, 0.6) is 0 Å². The van der Waals surface area contributed by atoms with Gasteiger partial charge in [-0.05, 0) is 19.9 Å². The number of carbonyl (C=O) groups excluding carboxylic acids is 1. The molecular formula is C5H13N3O. The van der Waals surface area contributed by atoms with Crippen LogP contribution in [0.25, 0.3) is 0 Å². The van der Waals surface area contributed by atoms with Gasteiger partial charge in [-0.2, -0.15) is 0 Å². The summed E-state index contributed by atoms with van der Waals surface area (Å²) in [5.41, 5.74) is 10.0. The molecule has 0 aromatic carbocycles. The van der Waals surface area contributed by atoms with Crippen LogP contribution < -0.4 is 16.8 Å². The van der Waals surface area contributed by atoms with E-state index in [2.05, 4.69) is 5.32 Å². The number of nitrogens with one attached hydrogen (secondary N) is 1. The average Bonchev–Trinajstić information content (AvgIpc) is 1.63. The van der Waals surface area contributed by atoms with Gasteiger partial charge in [0.2, 0.25) is 0 Å². The Morgan fingerprint density at radius 2 is 2.33 bits per heavy atom. The Labute approximate surface area is 54.6 Å². The van der Waals surface area contributed by atoms with Crippen molar-refractivity contribution in [2.45, 2.75) is 19.4 Å². The van der Waals surface area contributed by atoms with Gasteiger partial charge in [0.25, 0.3) is 0 Å². The molecule has 0 aliphatic heterocycles. The summed E-state index contributed by atoms with van der Waals surface area (Å²) in [6.45, 7) is 2.43. The number of amides is 2. The van der Waals surface area contributed by atoms with Crippen LogP contribution in [-0.4, -0.2) is 18.6 Å². The van der Waals surface area contributed by atoms with Gasteiger partial charge in [-0.1, -0.05) is 0 Å². The normalized spacial score (nSPS) is 12.7. The molecule has 1 unspecified atom stereocenters. The standard InChI is InChI=1S/C5H13N3O/c1-4(2-3-6)8-5(7)9/h4H,2-3,6H2,1H3,(H3,7,8,9). The second-order valence-electron chi connectivity index (χ2n) is 1.99. The summed E-state index contributed by atoms with van der Waals surface area (Å²) < 4.78 is 0. The zero-order chi connectivity index (χ0) is 7.28. The SMILES string of the molecule is CC(CCN)NC(N)=O. The van der Waals surface area contributed by atoms with Crippen LogP contribution in [0.2, 0.25) is 0 Å². The van der Waals surface area contributed by atoms with Gasteiger partial charge in [0.05, 0.1) is 0 Å². The molecule has 9 heavy (non-hydrogen) atoms. The minimum absolute atomic E-state index is 0.0903. The van der Waals surface area contributed by atoms with Crippen LogP contribution in [0.15, 0.2) is 0 Å². The summed E-state index contributed by atoms with van der Waals surface area (Å²) in [7, 11) is 0. The highest BCUT2D eigenvalue weighted by atomic mass is 16.2. The number of rotatable bonds is 3. The van der Waals surface area contributed by atoms with Crippen LogP contribution in [0.4, 0.5) is 4.79 Å². The Balaban J connectivity index is 3.26. The summed E-state index contributed by atoms with van der Waals surface area (Å²) in [6, 6.07) is -0.400. The molecule has 0 rings (SSSR count). The van der Waals surface area contributed by atoms with Crippen LogP contribution in [-0.2, 0) is 0 Å². The van der Waals surface area contributed by atoms with Crippen LogP contribution in [0.3, 0.4) is 0 Å². The molecule has 0 saturated carbocycles. The molecular weight excluding hydrogens is 118 g/mol. The predicted octanol–water partition coefficient (Wildman–Crippen LogP) is -0.608. The molecule has 5 N–H and O–H groups in total. The second-order valence-corrected chi connectivity index (χ2v) is 1.99. The van der Waals surface area contributed by atoms with Crippen molar-refractivity contribution in [2.24, 2.45) is 11.5 Å². The van der Waals surface area contributed by atoms with Crippen molar-refractivity contribution in [3.63, 3.8) is 0 Å². The predicted molar refractivity (Wildman–Crippen MR) is 35.9 cm³/mol. The molecule has 2 amide bonds. The van der Waals surface area contributed by atoms with Crippen molar-refractivity contribution in [1.29, 1.82) is 0 Å². The molecule has 0 bridgehead atoms. The quantitative estimate of drug-likeness (QED) is 0.477. The van der Waals surface area contributed by atoms with Crippen molar-refractivity contribution >= 4 is 6.03 Å². The Kier molecular flexibility index (Phi) is 3.79. The fraction of sp³-hybridized carbons (Fsp3) is 0.800. The van der Waals surface area contributed by atoms with Gasteiger partial charge in [0.1, 0.15) is 0 Å². The fourth-order valence-electron chi connectivity index (χ4n) is 0.565. The van der Waals surface area contributed by atoms with E-state index in [4.69, 9.17) is 11.5 Å². The first-order chi connectivity index (χ1) is 4.16. The Bertz CT molecular complexity index is 94.2. The Hall–Kier alpha value is -0.770. The monoisotopic (exact) mass is 131 g/mol. The maximum absolute atomic E-state index is 10.2. The molecule has 1 atom stereocenters. The summed E-state index contributed by atoms with van der Waals surface area (Å²) in [4.78, 5) is 10.2. The fourth-order valence-corrected chi connectivity index (χ4v) is 0.565. The van der Waals surface area contributed by atoms with E-state index < -0.39 is 6.03 Å². The maximum Gasteiger partial charge on any atom is 0.312 e. The second kappa shape index (κ2) is 4.14. The van der Waals surface area contributed by atoms with Crippen molar-refractivity contribution in [1.82, 2.24) is 5.32 Å². The van der Waals surface area contributed by atoms with Crippen LogP contribution >= 0.6 is 0 Å². The van der Waals surface area contributed by atoms with E-state index >= 15 is 0 Å². The summed E-state index contributed by atoms with van der Waals surface area (Å²) in [5, 5.41) is 2.50. The molecule has 0 heterocycles. The average molecular weight is 131 g/mol. The molecule has 0 aromatic heterocycles. The molecule has 4 heteroatoms. The van der Waals surface area contributed by atoms with E-state index in [1.165, 1.54) is 0 Å². The Morgan fingerprint density at radius 3 is 2.67 bits per heavy atom. The number of carbonyl (C=O) groups is 1. The number of primary amides is 1. The van der Waals surface area contributed by atoms with Crippen LogP contribution in [0.1, 0.15) is 13.3 Å². The van der Waals surface area contributed by atoms with E-state index in [0.717, 1.165) is 6.42 Å². The van der Waals surface area contributed by atoms with Gasteiger partial charge in [0, 0.05) is 6.04 Å². The van der Waals surface area contributed by atoms with Gasteiger partial charge in [-0.3, -0.25) is 0 Å². The minimum Gasteiger partial charge on any atom is -0.352 e. The molecule has 0 radical (unpaired) electrons. The third-order valence-corrected chi connectivity index (χ3v) is 0.988. The summed E-state index contributed by atoms with van der Waals surface area (Å²) >= 11 is 0. The summed E-state index contributed by atoms with van der Waals surface area (Å²) in [6.07, 6.45) is 0.767. The van der Waals surface area contributed by atoms with Gasteiger partial charge in [-0.25, -0.2) is 4.79 Å². The lowest BCUT2D eigenvalue weighted by atomic mass is 10.2. The molecule has 0 fully saturated rings. The molecule has 0 saturated heterocycles. The minimum atomic E-state index is -0.490. The number of hydrogen-bond acceptors (Lipinski definition) is 2. The lowest BCUT2D eigenvalue weighted by Crippen LogP contribution is -2.37. The first kappa shape index (κ1) is 8.23. The van der Waals surface area contributed by atoms with Crippen LogP contribution in [0, 0.1) is 0 Å². The number of nitrogens with two attached hydrogens (primary N) is 2. The van der Waals surface area contributed by atoms with Crippen molar-refractivity contribution < 1.29 is 4.79 Å². The molecule has 0 spiro atoms. The topological polar surface area (TPSA) is 81.1 Å². The van der Waals surface area contributed by atoms with E-state index in [1.807, 2.05) is 6.92 Å². The van der Waals surface area contributed by atoms with Crippen molar-refractivity contribution in [2.75, 3.05) is 6.54 Å². The van der Waals surface area contributed by atoms with Gasteiger partial charge in [0.15, 0.2) is 0 Å². The highest BCUT2D eigenvalue weighted by Crippen LogP contribution is 1.84. The third-order valence-electron chi connectivity index (χ3n) is 0.988. The Morgan fingerprint density at radius 1 is 1.78 bits per heavy atom. The third kappa shape index (κ3) is 5.10. The van der Waals surface area contributed by atoms with E-state index in [0.29, 0.717) is 6.54 Å². The highest BCUT2D eigenvalue weighted by molar-refractivity contribution is 5.71. The van der Waals surface area contributed by atoms with Gasteiger partial charge in [-0.15, -0.1) is 0 Å². The maximum atomic E-state index is 10.2. The van der Waals surface area contributed by atoms with E-state index in [9.17, 15) is 4.79 Å².